The Kier molecular flexibility index (Phi) is 11.3. The van der Waals surface area contributed by atoms with E-state index >= 15 is 0 Å². The van der Waals surface area contributed by atoms with Crippen LogP contribution >= 0.6 is 23.5 Å². The van der Waals surface area contributed by atoms with E-state index in [2.05, 4.69) is 45.1 Å². The number of para-hydroxylation sites is 1. The predicted octanol–water partition coefficient (Wildman–Crippen LogP) is 4.26. The maximum Gasteiger partial charge on any atom is 0.255 e. The smallest absolute Gasteiger partial charge is 0.255 e. The van der Waals surface area contributed by atoms with Crippen LogP contribution in [0, 0.1) is 5.92 Å². The number of rotatable bonds is 12. The lowest BCUT2D eigenvalue weighted by Crippen LogP contribution is -2.53. The molecule has 0 bridgehead atoms. The van der Waals surface area contributed by atoms with Crippen molar-refractivity contribution in [1.82, 2.24) is 16.0 Å². The van der Waals surface area contributed by atoms with Crippen molar-refractivity contribution in [2.24, 2.45) is 5.92 Å². The number of amides is 2. The number of phenolic OH excluding ortho intramolecular Hbond substituents is 1. The van der Waals surface area contributed by atoms with Gasteiger partial charge >= 0.3 is 0 Å². The third-order valence-corrected chi connectivity index (χ3v) is 10.3. The summed E-state index contributed by atoms with van der Waals surface area (Å²) in [6.45, 7) is 1.10. The molecule has 212 valence electrons. The van der Waals surface area contributed by atoms with Gasteiger partial charge in [-0.05, 0) is 60.8 Å². The van der Waals surface area contributed by atoms with Crippen LogP contribution in [0.5, 0.6) is 5.75 Å². The maximum absolute atomic E-state index is 13.2. The number of hydrogen-bond donors (Lipinski definition) is 4. The second-order valence-corrected chi connectivity index (χ2v) is 13.2. The average Bonchev–Trinajstić information content (AvgIpc) is 3.50. The average molecular weight is 571 g/mol. The molecule has 0 aromatic heterocycles. The second kappa shape index (κ2) is 14.9. The van der Waals surface area contributed by atoms with E-state index in [0.717, 1.165) is 30.2 Å². The minimum Gasteiger partial charge on any atom is -0.507 e. The number of anilines is 1. The number of carbonyl (C=O) groups excluding carboxylic acids is 2. The molecule has 4 N–H and O–H groups in total. The van der Waals surface area contributed by atoms with Crippen molar-refractivity contribution in [3.05, 3.63) is 59.7 Å². The number of hydrogen-bond acceptors (Lipinski definition) is 7. The standard InChI is InChI=1S/C30H42N4O3S2/c1-34(2)23-14-12-21(13-15-23)18-27(39-20-22-8-4-3-5-9-22)25(33-29(37)30-31-16-17-38-30)19-32-28(36)24-10-6-7-11-26(24)35/h6-7,10-15,22,25,27,30-31,35H,3-5,8-9,16-20H2,1-2H3,(H,32,36)(H,33,37). The highest BCUT2D eigenvalue weighted by molar-refractivity contribution is 8.00. The minimum atomic E-state index is -0.341. The molecule has 9 heteroatoms. The van der Waals surface area contributed by atoms with Crippen molar-refractivity contribution < 1.29 is 14.7 Å². The number of carbonyl (C=O) groups is 2. The van der Waals surface area contributed by atoms with E-state index in [0.29, 0.717) is 5.92 Å². The molecule has 2 aliphatic rings. The summed E-state index contributed by atoms with van der Waals surface area (Å²) < 4.78 is 0. The second-order valence-electron chi connectivity index (χ2n) is 10.7. The van der Waals surface area contributed by atoms with Gasteiger partial charge in [-0.25, -0.2) is 0 Å². The van der Waals surface area contributed by atoms with Gasteiger partial charge in [-0.2, -0.15) is 11.8 Å². The fraction of sp³-hybridized carbons (Fsp3) is 0.533. The Balaban J connectivity index is 1.53. The molecule has 4 rings (SSSR count). The molecule has 1 aliphatic carbocycles. The molecule has 0 radical (unpaired) electrons. The molecule has 1 saturated heterocycles. The zero-order valence-electron chi connectivity index (χ0n) is 23.0. The molecule has 1 heterocycles. The van der Waals surface area contributed by atoms with Crippen molar-refractivity contribution in [3.63, 3.8) is 0 Å². The molecule has 3 unspecified atom stereocenters. The van der Waals surface area contributed by atoms with E-state index in [4.69, 9.17) is 0 Å². The van der Waals surface area contributed by atoms with Gasteiger partial charge in [0, 0.05) is 43.9 Å². The molecule has 2 amide bonds. The Bertz CT molecular complexity index is 1070. The number of aromatic hydroxyl groups is 1. The van der Waals surface area contributed by atoms with Crippen LogP contribution in [0.3, 0.4) is 0 Å². The summed E-state index contributed by atoms with van der Waals surface area (Å²) in [4.78, 5) is 28.3. The Morgan fingerprint density at radius 3 is 2.51 bits per heavy atom. The number of phenols is 1. The van der Waals surface area contributed by atoms with E-state index in [-0.39, 0.29) is 46.3 Å². The van der Waals surface area contributed by atoms with Crippen LogP contribution < -0.4 is 20.9 Å². The molecular weight excluding hydrogens is 528 g/mol. The molecule has 7 nitrogen and oxygen atoms in total. The summed E-state index contributed by atoms with van der Waals surface area (Å²) in [5.41, 5.74) is 2.59. The van der Waals surface area contributed by atoms with Gasteiger partial charge in [0.25, 0.3) is 5.91 Å². The van der Waals surface area contributed by atoms with E-state index in [1.807, 2.05) is 25.9 Å². The quantitative estimate of drug-likeness (QED) is 0.303. The summed E-state index contributed by atoms with van der Waals surface area (Å²) in [5, 5.41) is 19.5. The van der Waals surface area contributed by atoms with Gasteiger partial charge in [-0.1, -0.05) is 43.5 Å². The van der Waals surface area contributed by atoms with E-state index < -0.39 is 0 Å². The normalized spacial score (nSPS) is 19.3. The van der Waals surface area contributed by atoms with Gasteiger partial charge in [0.15, 0.2) is 0 Å². The number of benzene rings is 2. The van der Waals surface area contributed by atoms with Crippen LogP contribution in [0.4, 0.5) is 5.69 Å². The maximum atomic E-state index is 13.2. The first-order valence-corrected chi connectivity index (χ1v) is 16.1. The lowest BCUT2D eigenvalue weighted by Gasteiger charge is -2.31. The predicted molar refractivity (Wildman–Crippen MR) is 164 cm³/mol. The van der Waals surface area contributed by atoms with E-state index in [1.54, 1.807) is 30.0 Å². The van der Waals surface area contributed by atoms with Gasteiger partial charge in [0.05, 0.1) is 11.6 Å². The molecule has 1 saturated carbocycles. The fourth-order valence-electron chi connectivity index (χ4n) is 5.18. The first-order valence-electron chi connectivity index (χ1n) is 14.0. The highest BCUT2D eigenvalue weighted by atomic mass is 32.2. The Morgan fingerprint density at radius 1 is 1.10 bits per heavy atom. The Labute approximate surface area is 241 Å². The summed E-state index contributed by atoms with van der Waals surface area (Å²) in [7, 11) is 4.07. The first-order chi connectivity index (χ1) is 18.9. The van der Waals surface area contributed by atoms with Crippen LogP contribution in [0.15, 0.2) is 48.5 Å². The van der Waals surface area contributed by atoms with Crippen molar-refractivity contribution in [2.75, 3.05) is 43.6 Å². The molecule has 2 fully saturated rings. The van der Waals surface area contributed by atoms with Gasteiger partial charge in [-0.3, -0.25) is 14.9 Å². The molecule has 1 aliphatic heterocycles. The van der Waals surface area contributed by atoms with Crippen LogP contribution in [0.1, 0.15) is 48.0 Å². The number of nitrogens with one attached hydrogen (secondary N) is 3. The highest BCUT2D eigenvalue weighted by Gasteiger charge is 2.30. The Hall–Kier alpha value is -2.36. The molecule has 39 heavy (non-hydrogen) atoms. The topological polar surface area (TPSA) is 93.7 Å². The van der Waals surface area contributed by atoms with Crippen LogP contribution in [-0.2, 0) is 11.2 Å². The van der Waals surface area contributed by atoms with E-state index in [9.17, 15) is 14.7 Å². The van der Waals surface area contributed by atoms with Crippen molar-refractivity contribution >= 4 is 41.0 Å². The number of nitrogens with zero attached hydrogens (tertiary/aromatic N) is 1. The lowest BCUT2D eigenvalue weighted by atomic mass is 9.91. The van der Waals surface area contributed by atoms with Gasteiger partial charge < -0.3 is 20.6 Å². The molecular formula is C30H42N4O3S2. The highest BCUT2D eigenvalue weighted by Crippen LogP contribution is 2.31. The van der Waals surface area contributed by atoms with Crippen molar-refractivity contribution in [3.8, 4) is 5.75 Å². The fourth-order valence-corrected chi connectivity index (χ4v) is 7.67. The van der Waals surface area contributed by atoms with E-state index in [1.165, 1.54) is 43.7 Å². The van der Waals surface area contributed by atoms with Crippen LogP contribution in [0.25, 0.3) is 0 Å². The van der Waals surface area contributed by atoms with Gasteiger partial charge in [0.2, 0.25) is 5.91 Å². The SMILES string of the molecule is CN(C)c1ccc(CC(SCC2CCCCC2)C(CNC(=O)c2ccccc2O)NC(=O)C2NCCS2)cc1. The van der Waals surface area contributed by atoms with Gasteiger partial charge in [-0.15, -0.1) is 11.8 Å². The summed E-state index contributed by atoms with van der Waals surface area (Å²) in [5.74, 6) is 2.23. The summed E-state index contributed by atoms with van der Waals surface area (Å²) >= 11 is 3.54. The van der Waals surface area contributed by atoms with Crippen LogP contribution in [0.2, 0.25) is 0 Å². The zero-order valence-corrected chi connectivity index (χ0v) is 24.7. The minimum absolute atomic E-state index is 0.0365. The zero-order chi connectivity index (χ0) is 27.6. The molecule has 0 spiro atoms. The lowest BCUT2D eigenvalue weighted by molar-refractivity contribution is -0.121. The first kappa shape index (κ1) is 29.6. The Morgan fingerprint density at radius 2 is 1.85 bits per heavy atom. The largest absolute Gasteiger partial charge is 0.507 e. The molecule has 2 aromatic rings. The van der Waals surface area contributed by atoms with Crippen molar-refractivity contribution in [1.29, 1.82) is 0 Å². The molecule has 2 aromatic carbocycles. The monoisotopic (exact) mass is 570 g/mol. The third kappa shape index (κ3) is 8.82. The summed E-state index contributed by atoms with van der Waals surface area (Å²) in [6, 6.07) is 14.9. The summed E-state index contributed by atoms with van der Waals surface area (Å²) in [6.07, 6.45) is 7.23. The van der Waals surface area contributed by atoms with Crippen LogP contribution in [-0.4, -0.2) is 72.3 Å². The number of thioether (sulfide) groups is 2. The molecule has 3 atom stereocenters. The van der Waals surface area contributed by atoms with Crippen molar-refractivity contribution in [2.45, 2.75) is 55.2 Å². The van der Waals surface area contributed by atoms with Gasteiger partial charge in [0.1, 0.15) is 11.1 Å². The third-order valence-electron chi connectivity index (χ3n) is 7.52.